The van der Waals surface area contributed by atoms with E-state index in [9.17, 15) is 0 Å². The van der Waals surface area contributed by atoms with E-state index in [2.05, 4.69) is 63.2 Å². The van der Waals surface area contributed by atoms with Gasteiger partial charge in [0.15, 0.2) is 0 Å². The maximum Gasteiger partial charge on any atom is 0.147 e. The van der Waals surface area contributed by atoms with Gasteiger partial charge in [-0.25, -0.2) is 0 Å². The van der Waals surface area contributed by atoms with Crippen molar-refractivity contribution in [3.63, 3.8) is 0 Å². The Kier molecular flexibility index (Phi) is 7.36. The number of ether oxygens (including phenoxy) is 1. The van der Waals surface area contributed by atoms with E-state index in [-0.39, 0.29) is 12.5 Å². The first-order valence-corrected chi connectivity index (χ1v) is 7.97. The highest BCUT2D eigenvalue weighted by atomic mass is 79.9. The molecule has 3 nitrogen and oxygen atoms in total. The molecule has 19 heavy (non-hydrogen) atoms. The summed E-state index contributed by atoms with van der Waals surface area (Å²) in [5, 5.41) is 12.4. The maximum absolute atomic E-state index is 9.01. The summed E-state index contributed by atoms with van der Waals surface area (Å²) in [5.41, 5.74) is 1.19. The van der Waals surface area contributed by atoms with Crippen molar-refractivity contribution in [2.45, 2.75) is 33.4 Å². The molecule has 1 atom stereocenters. The third-order valence-corrected chi connectivity index (χ3v) is 3.77. The summed E-state index contributed by atoms with van der Waals surface area (Å²) >= 11 is 7.06. The predicted octanol–water partition coefficient (Wildman–Crippen LogP) is 3.72. The zero-order valence-corrected chi connectivity index (χ0v) is 14.7. The first-order chi connectivity index (χ1) is 8.93. The maximum atomic E-state index is 9.01. The van der Waals surface area contributed by atoms with Crippen molar-refractivity contribution in [1.29, 1.82) is 0 Å². The Morgan fingerprint density at radius 3 is 2.26 bits per heavy atom. The van der Waals surface area contributed by atoms with E-state index in [0.29, 0.717) is 12.6 Å². The van der Waals surface area contributed by atoms with Gasteiger partial charge in [0.25, 0.3) is 0 Å². The molecule has 1 rings (SSSR count). The van der Waals surface area contributed by atoms with Gasteiger partial charge in [0.05, 0.1) is 15.6 Å². The molecule has 0 aliphatic heterocycles. The Morgan fingerprint density at radius 1 is 1.21 bits per heavy atom. The quantitative estimate of drug-likeness (QED) is 0.740. The molecule has 0 aliphatic rings. The van der Waals surface area contributed by atoms with Gasteiger partial charge in [0, 0.05) is 25.1 Å². The molecule has 0 fully saturated rings. The Labute approximate surface area is 132 Å². The van der Waals surface area contributed by atoms with Gasteiger partial charge in [0.2, 0.25) is 0 Å². The molecule has 108 valence electrons. The van der Waals surface area contributed by atoms with Crippen LogP contribution in [0.5, 0.6) is 5.75 Å². The number of rotatable bonds is 7. The summed E-state index contributed by atoms with van der Waals surface area (Å²) in [7, 11) is 0. The number of hydrogen-bond acceptors (Lipinski definition) is 3. The second kappa shape index (κ2) is 8.25. The van der Waals surface area contributed by atoms with E-state index < -0.39 is 0 Å². The number of aliphatic hydroxyl groups excluding tert-OH is 1. The molecule has 0 radical (unpaired) electrons. The summed E-state index contributed by atoms with van der Waals surface area (Å²) in [6.07, 6.45) is 0. The molecule has 0 saturated carbocycles. The van der Waals surface area contributed by atoms with Crippen LogP contribution < -0.4 is 10.1 Å². The van der Waals surface area contributed by atoms with Crippen LogP contribution >= 0.6 is 31.9 Å². The minimum atomic E-state index is 0.126. The largest absolute Gasteiger partial charge is 0.491 e. The van der Waals surface area contributed by atoms with Crippen LogP contribution in [0.1, 0.15) is 26.3 Å². The smallest absolute Gasteiger partial charge is 0.147 e. The van der Waals surface area contributed by atoms with Crippen molar-refractivity contribution in [2.75, 3.05) is 13.2 Å². The summed E-state index contributed by atoms with van der Waals surface area (Å²) in [5.74, 6) is 0.912. The topological polar surface area (TPSA) is 41.5 Å². The third-order valence-electron chi connectivity index (χ3n) is 2.60. The molecule has 1 aromatic rings. The van der Waals surface area contributed by atoms with E-state index in [1.165, 1.54) is 5.56 Å². The highest BCUT2D eigenvalue weighted by molar-refractivity contribution is 9.11. The standard InChI is InChI=1S/C14H21Br2NO2/c1-9(2)17-6-11-4-12(15)14(13(16)5-11)19-8-10(3)7-18/h4-5,9-10,17-18H,6-8H2,1-3H3. The SMILES string of the molecule is CC(CO)COc1c(Br)cc(CNC(C)C)cc1Br. The van der Waals surface area contributed by atoms with E-state index in [4.69, 9.17) is 9.84 Å². The van der Waals surface area contributed by atoms with Crippen molar-refractivity contribution in [2.24, 2.45) is 5.92 Å². The van der Waals surface area contributed by atoms with Crippen LogP contribution in [-0.2, 0) is 6.54 Å². The van der Waals surface area contributed by atoms with Crippen molar-refractivity contribution in [3.8, 4) is 5.75 Å². The molecule has 5 heteroatoms. The summed E-state index contributed by atoms with van der Waals surface area (Å²) in [6, 6.07) is 4.57. The Bertz CT molecular complexity index is 387. The van der Waals surface area contributed by atoms with Gasteiger partial charge < -0.3 is 15.2 Å². The van der Waals surface area contributed by atoms with Gasteiger partial charge >= 0.3 is 0 Å². The second-order valence-corrected chi connectivity index (χ2v) is 6.73. The number of aliphatic hydroxyl groups is 1. The number of nitrogens with one attached hydrogen (secondary N) is 1. The van der Waals surface area contributed by atoms with E-state index in [1.54, 1.807) is 0 Å². The van der Waals surface area contributed by atoms with Gasteiger partial charge in [0.1, 0.15) is 5.75 Å². The van der Waals surface area contributed by atoms with Crippen LogP contribution in [0.15, 0.2) is 21.1 Å². The molecule has 2 N–H and O–H groups in total. The van der Waals surface area contributed by atoms with E-state index in [0.717, 1.165) is 21.2 Å². The molecule has 0 aliphatic carbocycles. The third kappa shape index (κ3) is 5.81. The fraction of sp³-hybridized carbons (Fsp3) is 0.571. The number of hydrogen-bond donors (Lipinski definition) is 2. The fourth-order valence-electron chi connectivity index (χ4n) is 1.45. The lowest BCUT2D eigenvalue weighted by atomic mass is 10.2. The zero-order valence-electron chi connectivity index (χ0n) is 11.5. The molecule has 0 heterocycles. The first-order valence-electron chi connectivity index (χ1n) is 6.39. The Morgan fingerprint density at radius 2 is 1.79 bits per heavy atom. The van der Waals surface area contributed by atoms with Gasteiger partial charge in [-0.05, 0) is 49.6 Å². The lowest BCUT2D eigenvalue weighted by Gasteiger charge is -2.15. The van der Waals surface area contributed by atoms with Crippen molar-refractivity contribution < 1.29 is 9.84 Å². The van der Waals surface area contributed by atoms with Crippen molar-refractivity contribution in [1.82, 2.24) is 5.32 Å². The van der Waals surface area contributed by atoms with E-state index >= 15 is 0 Å². The molecule has 1 aromatic carbocycles. The van der Waals surface area contributed by atoms with Crippen LogP contribution in [0, 0.1) is 5.92 Å². The Balaban J connectivity index is 2.73. The monoisotopic (exact) mass is 393 g/mol. The minimum absolute atomic E-state index is 0.126. The Hall–Kier alpha value is -0.100. The molecule has 0 spiro atoms. The highest BCUT2D eigenvalue weighted by Gasteiger charge is 2.11. The average Bonchev–Trinajstić information content (AvgIpc) is 2.34. The molecular formula is C14H21Br2NO2. The summed E-state index contributed by atoms with van der Waals surface area (Å²) < 4.78 is 7.57. The summed E-state index contributed by atoms with van der Waals surface area (Å²) in [6.45, 7) is 7.64. The average molecular weight is 395 g/mol. The second-order valence-electron chi connectivity index (χ2n) is 5.02. The number of halogens is 2. The lowest BCUT2D eigenvalue weighted by molar-refractivity contribution is 0.173. The van der Waals surface area contributed by atoms with Gasteiger partial charge in [-0.15, -0.1) is 0 Å². The van der Waals surface area contributed by atoms with Crippen LogP contribution in [0.3, 0.4) is 0 Å². The van der Waals surface area contributed by atoms with Crippen molar-refractivity contribution in [3.05, 3.63) is 26.6 Å². The van der Waals surface area contributed by atoms with Crippen LogP contribution in [-0.4, -0.2) is 24.4 Å². The summed E-state index contributed by atoms with van der Waals surface area (Å²) in [4.78, 5) is 0. The minimum Gasteiger partial charge on any atom is -0.491 e. The molecule has 0 bridgehead atoms. The molecule has 0 aromatic heterocycles. The fourth-order valence-corrected chi connectivity index (χ4v) is 2.96. The van der Waals surface area contributed by atoms with Gasteiger partial charge in [-0.1, -0.05) is 20.8 Å². The highest BCUT2D eigenvalue weighted by Crippen LogP contribution is 2.35. The van der Waals surface area contributed by atoms with Crippen LogP contribution in [0.25, 0.3) is 0 Å². The van der Waals surface area contributed by atoms with E-state index in [1.807, 2.05) is 6.92 Å². The van der Waals surface area contributed by atoms with Crippen molar-refractivity contribution >= 4 is 31.9 Å². The first kappa shape index (κ1) is 17.0. The van der Waals surface area contributed by atoms with Gasteiger partial charge in [-0.3, -0.25) is 0 Å². The van der Waals surface area contributed by atoms with Crippen LogP contribution in [0.4, 0.5) is 0 Å². The normalized spacial score (nSPS) is 12.8. The van der Waals surface area contributed by atoms with Crippen LogP contribution in [0.2, 0.25) is 0 Å². The predicted molar refractivity (Wildman–Crippen MR) is 85.6 cm³/mol. The molecule has 0 amide bonds. The van der Waals surface area contributed by atoms with Gasteiger partial charge in [-0.2, -0.15) is 0 Å². The number of benzene rings is 1. The molecular weight excluding hydrogens is 374 g/mol. The lowest BCUT2D eigenvalue weighted by Crippen LogP contribution is -2.21. The molecule has 1 unspecified atom stereocenters. The zero-order chi connectivity index (χ0) is 14.4. The molecule has 0 saturated heterocycles.